The predicted molar refractivity (Wildman–Crippen MR) is 58.9 cm³/mol. The van der Waals surface area contributed by atoms with Crippen LogP contribution in [-0.2, 0) is 4.74 Å². The van der Waals surface area contributed by atoms with E-state index in [1.54, 1.807) is 0 Å². The van der Waals surface area contributed by atoms with Gasteiger partial charge >= 0.3 is 0 Å². The van der Waals surface area contributed by atoms with Gasteiger partial charge in [-0.15, -0.1) is 0 Å². The molecule has 2 aliphatic heterocycles. The molecule has 0 saturated carbocycles. The highest BCUT2D eigenvalue weighted by Crippen LogP contribution is 2.35. The summed E-state index contributed by atoms with van der Waals surface area (Å²) in [5.74, 6) is 1.01. The maximum Gasteiger partial charge on any atom is 0.129 e. The van der Waals surface area contributed by atoms with Crippen LogP contribution < -0.4 is 5.32 Å². The van der Waals surface area contributed by atoms with Crippen molar-refractivity contribution in [2.45, 2.75) is 44.4 Å². The number of fused-ring (bicyclic) bond motifs is 2. The summed E-state index contributed by atoms with van der Waals surface area (Å²) in [5.41, 5.74) is 1.21. The number of nitrogens with one attached hydrogen (secondary N) is 1. The van der Waals surface area contributed by atoms with Crippen molar-refractivity contribution in [3.05, 3.63) is 23.9 Å². The van der Waals surface area contributed by atoms with Crippen LogP contribution >= 0.6 is 0 Å². The van der Waals surface area contributed by atoms with Gasteiger partial charge in [0.25, 0.3) is 0 Å². The molecule has 2 saturated heterocycles. The van der Waals surface area contributed by atoms with Gasteiger partial charge in [-0.05, 0) is 37.8 Å². The van der Waals surface area contributed by atoms with Crippen LogP contribution in [0.4, 0.5) is 5.82 Å². The Labute approximate surface area is 89.9 Å². The minimum atomic E-state index is 0.413. The van der Waals surface area contributed by atoms with E-state index in [0.717, 1.165) is 12.2 Å². The standard InChI is InChI=1S/C12H16N2O/c1-8-3-2-6-13-12(8)14-10-7-9-4-5-11(10)15-9/h2-3,6,9-11H,4-5,7H2,1H3,(H,13,14). The zero-order valence-electron chi connectivity index (χ0n) is 8.94. The highest BCUT2D eigenvalue weighted by molar-refractivity contribution is 5.44. The molecule has 1 aromatic heterocycles. The highest BCUT2D eigenvalue weighted by atomic mass is 16.5. The molecule has 3 atom stereocenters. The fraction of sp³-hybridized carbons (Fsp3) is 0.583. The molecule has 3 unspecified atom stereocenters. The summed E-state index contributed by atoms with van der Waals surface area (Å²) >= 11 is 0. The normalized spacial score (nSPS) is 33.3. The number of pyridine rings is 1. The molecule has 2 bridgehead atoms. The third-order valence-corrected chi connectivity index (χ3v) is 3.44. The van der Waals surface area contributed by atoms with Gasteiger partial charge < -0.3 is 10.1 Å². The molecule has 15 heavy (non-hydrogen) atoms. The first-order chi connectivity index (χ1) is 7.33. The second kappa shape index (κ2) is 3.49. The molecule has 0 aliphatic carbocycles. The number of aryl methyl sites for hydroxylation is 1. The Kier molecular flexibility index (Phi) is 2.13. The fourth-order valence-corrected chi connectivity index (χ4v) is 2.60. The van der Waals surface area contributed by atoms with E-state index in [1.165, 1.54) is 18.4 Å². The van der Waals surface area contributed by atoms with Crippen LogP contribution in [-0.4, -0.2) is 23.2 Å². The number of ether oxygens (including phenoxy) is 1. The van der Waals surface area contributed by atoms with Gasteiger partial charge in [0.2, 0.25) is 0 Å². The van der Waals surface area contributed by atoms with Gasteiger partial charge in [-0.3, -0.25) is 0 Å². The summed E-state index contributed by atoms with van der Waals surface area (Å²) in [6.45, 7) is 2.09. The average Bonchev–Trinajstić information content (AvgIpc) is 2.83. The van der Waals surface area contributed by atoms with Gasteiger partial charge in [0.15, 0.2) is 0 Å². The second-order valence-electron chi connectivity index (χ2n) is 4.53. The largest absolute Gasteiger partial charge is 0.373 e. The van der Waals surface area contributed by atoms with Crippen LogP contribution in [0.15, 0.2) is 18.3 Å². The Morgan fingerprint density at radius 1 is 1.47 bits per heavy atom. The van der Waals surface area contributed by atoms with Crippen LogP contribution in [0.25, 0.3) is 0 Å². The van der Waals surface area contributed by atoms with Crippen LogP contribution in [0.3, 0.4) is 0 Å². The highest BCUT2D eigenvalue weighted by Gasteiger charge is 2.40. The van der Waals surface area contributed by atoms with Crippen molar-refractivity contribution in [3.63, 3.8) is 0 Å². The Balaban J connectivity index is 1.73. The first-order valence-corrected chi connectivity index (χ1v) is 5.66. The second-order valence-corrected chi connectivity index (χ2v) is 4.53. The zero-order chi connectivity index (χ0) is 10.3. The lowest BCUT2D eigenvalue weighted by molar-refractivity contribution is 0.102. The molecule has 3 rings (SSSR count). The molecule has 0 spiro atoms. The number of hydrogen-bond acceptors (Lipinski definition) is 3. The minimum absolute atomic E-state index is 0.413. The zero-order valence-corrected chi connectivity index (χ0v) is 8.94. The maximum atomic E-state index is 5.81. The molecular weight excluding hydrogens is 188 g/mol. The Morgan fingerprint density at radius 2 is 2.40 bits per heavy atom. The number of anilines is 1. The fourth-order valence-electron chi connectivity index (χ4n) is 2.60. The molecule has 0 radical (unpaired) electrons. The molecule has 3 heteroatoms. The SMILES string of the molecule is Cc1cccnc1NC1CC2CCC1O2. The van der Waals surface area contributed by atoms with Crippen molar-refractivity contribution in [2.75, 3.05) is 5.32 Å². The topological polar surface area (TPSA) is 34.2 Å². The van der Waals surface area contributed by atoms with Gasteiger partial charge in [0.05, 0.1) is 18.2 Å². The minimum Gasteiger partial charge on any atom is -0.373 e. The predicted octanol–water partition coefficient (Wildman–Crippen LogP) is 2.12. The van der Waals surface area contributed by atoms with Crippen molar-refractivity contribution in [1.82, 2.24) is 4.98 Å². The van der Waals surface area contributed by atoms with Crippen molar-refractivity contribution in [3.8, 4) is 0 Å². The van der Waals surface area contributed by atoms with Crippen molar-refractivity contribution < 1.29 is 4.74 Å². The number of nitrogens with zero attached hydrogens (tertiary/aromatic N) is 1. The van der Waals surface area contributed by atoms with Gasteiger partial charge in [-0.25, -0.2) is 4.98 Å². The molecule has 2 fully saturated rings. The lowest BCUT2D eigenvalue weighted by atomic mass is 9.95. The van der Waals surface area contributed by atoms with E-state index in [2.05, 4.69) is 23.3 Å². The summed E-state index contributed by atoms with van der Waals surface area (Å²) in [5, 5.41) is 3.50. The van der Waals surface area contributed by atoms with E-state index in [0.29, 0.717) is 18.2 Å². The lowest BCUT2D eigenvalue weighted by Gasteiger charge is -2.21. The molecule has 0 amide bonds. The smallest absolute Gasteiger partial charge is 0.129 e. The van der Waals surface area contributed by atoms with E-state index >= 15 is 0 Å². The summed E-state index contributed by atoms with van der Waals surface area (Å²) in [4.78, 5) is 4.36. The van der Waals surface area contributed by atoms with E-state index < -0.39 is 0 Å². The van der Waals surface area contributed by atoms with Crippen LogP contribution in [0, 0.1) is 6.92 Å². The number of rotatable bonds is 2. The molecule has 1 N–H and O–H groups in total. The van der Waals surface area contributed by atoms with Gasteiger partial charge in [-0.1, -0.05) is 6.07 Å². The van der Waals surface area contributed by atoms with Gasteiger partial charge in [0, 0.05) is 6.20 Å². The Morgan fingerprint density at radius 3 is 3.07 bits per heavy atom. The van der Waals surface area contributed by atoms with E-state index in [9.17, 15) is 0 Å². The van der Waals surface area contributed by atoms with Crippen LogP contribution in [0.2, 0.25) is 0 Å². The monoisotopic (exact) mass is 204 g/mol. The van der Waals surface area contributed by atoms with Crippen LogP contribution in [0.5, 0.6) is 0 Å². The number of aromatic nitrogens is 1. The summed E-state index contributed by atoms with van der Waals surface area (Å²) in [7, 11) is 0. The molecule has 80 valence electrons. The van der Waals surface area contributed by atoms with Gasteiger partial charge in [0.1, 0.15) is 5.82 Å². The van der Waals surface area contributed by atoms with Gasteiger partial charge in [-0.2, -0.15) is 0 Å². The summed E-state index contributed by atoms with van der Waals surface area (Å²) < 4.78 is 5.81. The van der Waals surface area contributed by atoms with E-state index in [4.69, 9.17) is 4.74 Å². The average molecular weight is 204 g/mol. The quantitative estimate of drug-likeness (QED) is 0.801. The van der Waals surface area contributed by atoms with Crippen LogP contribution in [0.1, 0.15) is 24.8 Å². The van der Waals surface area contributed by atoms with Crippen molar-refractivity contribution in [1.29, 1.82) is 0 Å². The summed E-state index contributed by atoms with van der Waals surface area (Å²) in [6.07, 6.45) is 6.33. The van der Waals surface area contributed by atoms with E-state index in [-0.39, 0.29) is 0 Å². The Hall–Kier alpha value is -1.09. The first-order valence-electron chi connectivity index (χ1n) is 5.66. The molecule has 3 nitrogen and oxygen atoms in total. The lowest BCUT2D eigenvalue weighted by Crippen LogP contribution is -2.31. The van der Waals surface area contributed by atoms with Crippen molar-refractivity contribution in [2.24, 2.45) is 0 Å². The van der Waals surface area contributed by atoms with Crippen molar-refractivity contribution >= 4 is 5.82 Å². The number of hydrogen-bond donors (Lipinski definition) is 1. The Bertz CT molecular complexity index is 366. The third kappa shape index (κ3) is 1.61. The van der Waals surface area contributed by atoms with E-state index in [1.807, 2.05) is 12.3 Å². The molecule has 1 aromatic rings. The molecule has 3 heterocycles. The molecule has 2 aliphatic rings. The molecule has 0 aromatic carbocycles. The molecular formula is C12H16N2O. The summed E-state index contributed by atoms with van der Waals surface area (Å²) in [6, 6.07) is 4.53. The third-order valence-electron chi connectivity index (χ3n) is 3.44. The maximum absolute atomic E-state index is 5.81. The first kappa shape index (κ1) is 9.16.